The van der Waals surface area contributed by atoms with Gasteiger partial charge in [0.25, 0.3) is 0 Å². The van der Waals surface area contributed by atoms with Gasteiger partial charge in [0.15, 0.2) is 0 Å². The van der Waals surface area contributed by atoms with Gasteiger partial charge in [-0.15, -0.1) is 0 Å². The van der Waals surface area contributed by atoms with Gasteiger partial charge >= 0.3 is 0 Å². The van der Waals surface area contributed by atoms with E-state index in [9.17, 15) is 14.7 Å². The number of carbonyl (C=O) groups is 2. The summed E-state index contributed by atoms with van der Waals surface area (Å²) in [6.07, 6.45) is 1.70. The van der Waals surface area contributed by atoms with Gasteiger partial charge in [0.05, 0.1) is 12.5 Å². The Morgan fingerprint density at radius 3 is 2.41 bits per heavy atom. The molecule has 1 atom stereocenters. The Bertz CT molecular complexity index is 521. The molecule has 1 aliphatic carbocycles. The fourth-order valence-corrected chi connectivity index (χ4v) is 2.00. The van der Waals surface area contributed by atoms with Crippen molar-refractivity contribution in [1.29, 1.82) is 0 Å². The fraction of sp³-hybridized carbons (Fsp3) is 0.529. The lowest BCUT2D eigenvalue weighted by Crippen LogP contribution is -2.35. The molecule has 1 aromatic rings. The average Bonchev–Trinajstić information content (AvgIpc) is 3.31. The molecular formula is C17H24N2O3. The van der Waals surface area contributed by atoms with Gasteiger partial charge in [-0.2, -0.15) is 0 Å². The number of carbonyl (C=O) groups excluding carboxylic acids is 2. The molecule has 0 aliphatic heterocycles. The molecule has 5 heteroatoms. The molecule has 1 unspecified atom stereocenters. The summed E-state index contributed by atoms with van der Waals surface area (Å²) >= 11 is 0. The van der Waals surface area contributed by atoms with E-state index in [4.69, 9.17) is 0 Å². The van der Waals surface area contributed by atoms with Crippen LogP contribution in [0.1, 0.15) is 32.3 Å². The molecule has 2 amide bonds. The largest absolute Gasteiger partial charge is 0.391 e. The highest BCUT2D eigenvalue weighted by atomic mass is 16.3. The van der Waals surface area contributed by atoms with E-state index in [0.29, 0.717) is 0 Å². The van der Waals surface area contributed by atoms with E-state index in [1.54, 1.807) is 0 Å². The highest BCUT2D eigenvalue weighted by molar-refractivity contribution is 5.94. The highest BCUT2D eigenvalue weighted by Gasteiger charge is 2.29. The first-order valence-corrected chi connectivity index (χ1v) is 7.80. The van der Waals surface area contributed by atoms with Crippen molar-refractivity contribution < 1.29 is 14.7 Å². The molecule has 0 radical (unpaired) electrons. The number of nitrogens with one attached hydrogen (secondary N) is 2. The summed E-state index contributed by atoms with van der Waals surface area (Å²) in [6, 6.07) is 7.29. The first-order valence-electron chi connectivity index (χ1n) is 7.80. The summed E-state index contributed by atoms with van der Waals surface area (Å²) in [4.78, 5) is 23.5. The standard InChI is InChI=1S/C17H24N2O3/c1-11(2)15(20)10-18-16(21)9-12-3-7-14(8-4-12)19-17(22)13-5-6-13/h3-4,7-8,11,13,15,20H,5-6,9-10H2,1-2H3,(H,18,21)(H,19,22). The van der Waals surface area contributed by atoms with E-state index in [1.165, 1.54) is 0 Å². The number of amides is 2. The van der Waals surface area contributed by atoms with Crippen LogP contribution in [0.2, 0.25) is 0 Å². The summed E-state index contributed by atoms with van der Waals surface area (Å²) < 4.78 is 0. The second-order valence-corrected chi connectivity index (χ2v) is 6.25. The molecule has 5 nitrogen and oxygen atoms in total. The molecule has 120 valence electrons. The van der Waals surface area contributed by atoms with Crippen LogP contribution in [0.15, 0.2) is 24.3 Å². The molecule has 22 heavy (non-hydrogen) atoms. The van der Waals surface area contributed by atoms with Crippen LogP contribution in [0.4, 0.5) is 5.69 Å². The quantitative estimate of drug-likeness (QED) is 0.717. The minimum Gasteiger partial charge on any atom is -0.391 e. The Labute approximate surface area is 131 Å². The van der Waals surface area contributed by atoms with Gasteiger partial charge < -0.3 is 15.7 Å². The zero-order valence-electron chi connectivity index (χ0n) is 13.1. The van der Waals surface area contributed by atoms with Gasteiger partial charge in [0, 0.05) is 18.2 Å². The van der Waals surface area contributed by atoms with Crippen LogP contribution in [0.5, 0.6) is 0 Å². The lowest BCUT2D eigenvalue weighted by Gasteiger charge is -2.15. The molecule has 0 spiro atoms. The maximum Gasteiger partial charge on any atom is 0.227 e. The van der Waals surface area contributed by atoms with Crippen molar-refractivity contribution in [3.8, 4) is 0 Å². The summed E-state index contributed by atoms with van der Waals surface area (Å²) in [5, 5.41) is 15.2. The van der Waals surface area contributed by atoms with E-state index in [1.807, 2.05) is 38.1 Å². The molecule has 1 fully saturated rings. The predicted octanol–water partition coefficient (Wildman–Crippen LogP) is 1.71. The third kappa shape index (κ3) is 5.15. The fourth-order valence-electron chi connectivity index (χ4n) is 2.00. The van der Waals surface area contributed by atoms with Gasteiger partial charge in [-0.05, 0) is 36.5 Å². The van der Waals surface area contributed by atoms with Gasteiger partial charge in [-0.1, -0.05) is 26.0 Å². The Kier molecular flexibility index (Phi) is 5.55. The molecule has 1 saturated carbocycles. The molecule has 0 aromatic heterocycles. The monoisotopic (exact) mass is 304 g/mol. The van der Waals surface area contributed by atoms with Crippen molar-refractivity contribution in [2.45, 2.75) is 39.2 Å². The van der Waals surface area contributed by atoms with E-state index >= 15 is 0 Å². The molecule has 0 bridgehead atoms. The van der Waals surface area contributed by atoms with Gasteiger partial charge in [0.2, 0.25) is 11.8 Å². The zero-order chi connectivity index (χ0) is 16.1. The third-order valence-electron chi connectivity index (χ3n) is 3.81. The Balaban J connectivity index is 1.77. The number of benzene rings is 1. The minimum absolute atomic E-state index is 0.0770. The summed E-state index contributed by atoms with van der Waals surface area (Å²) in [6.45, 7) is 4.09. The number of anilines is 1. The SMILES string of the molecule is CC(C)C(O)CNC(=O)Cc1ccc(NC(=O)C2CC2)cc1. The third-order valence-corrected chi connectivity index (χ3v) is 3.81. The smallest absolute Gasteiger partial charge is 0.227 e. The predicted molar refractivity (Wildman–Crippen MR) is 85.4 cm³/mol. The molecular weight excluding hydrogens is 280 g/mol. The second kappa shape index (κ2) is 7.40. The van der Waals surface area contributed by atoms with E-state index in [2.05, 4.69) is 10.6 Å². The number of aliphatic hydroxyl groups is 1. The lowest BCUT2D eigenvalue weighted by molar-refractivity contribution is -0.121. The summed E-state index contributed by atoms with van der Waals surface area (Å²) in [5.74, 6) is 0.259. The minimum atomic E-state index is -0.524. The van der Waals surface area contributed by atoms with E-state index < -0.39 is 6.10 Å². The topological polar surface area (TPSA) is 78.4 Å². The molecule has 3 N–H and O–H groups in total. The van der Waals surface area contributed by atoms with Crippen molar-refractivity contribution in [3.05, 3.63) is 29.8 Å². The van der Waals surface area contributed by atoms with Crippen LogP contribution in [-0.2, 0) is 16.0 Å². The summed E-state index contributed by atoms with van der Waals surface area (Å²) in [7, 11) is 0. The molecule has 2 rings (SSSR count). The molecule has 0 heterocycles. The van der Waals surface area contributed by atoms with Crippen molar-refractivity contribution >= 4 is 17.5 Å². The van der Waals surface area contributed by atoms with Crippen LogP contribution in [0.25, 0.3) is 0 Å². The maximum absolute atomic E-state index is 11.8. The van der Waals surface area contributed by atoms with Crippen LogP contribution in [-0.4, -0.2) is 29.6 Å². The van der Waals surface area contributed by atoms with E-state index in [-0.39, 0.29) is 36.6 Å². The Morgan fingerprint density at radius 1 is 1.23 bits per heavy atom. The van der Waals surface area contributed by atoms with Crippen LogP contribution in [0.3, 0.4) is 0 Å². The van der Waals surface area contributed by atoms with Crippen molar-refractivity contribution in [2.24, 2.45) is 11.8 Å². The zero-order valence-corrected chi connectivity index (χ0v) is 13.1. The number of rotatable bonds is 7. The van der Waals surface area contributed by atoms with Gasteiger partial charge in [-0.3, -0.25) is 9.59 Å². The lowest BCUT2D eigenvalue weighted by atomic mass is 10.1. The maximum atomic E-state index is 11.8. The molecule has 1 aromatic carbocycles. The molecule has 1 aliphatic rings. The number of hydrogen-bond acceptors (Lipinski definition) is 3. The van der Waals surface area contributed by atoms with Crippen molar-refractivity contribution in [1.82, 2.24) is 5.32 Å². The normalized spacial score (nSPS) is 15.5. The first kappa shape index (κ1) is 16.5. The van der Waals surface area contributed by atoms with Gasteiger partial charge in [-0.25, -0.2) is 0 Å². The first-order chi connectivity index (χ1) is 10.5. The second-order valence-electron chi connectivity index (χ2n) is 6.25. The molecule has 0 saturated heterocycles. The number of hydrogen-bond donors (Lipinski definition) is 3. The van der Waals surface area contributed by atoms with Crippen LogP contribution >= 0.6 is 0 Å². The Morgan fingerprint density at radius 2 is 1.86 bits per heavy atom. The Hall–Kier alpha value is -1.88. The van der Waals surface area contributed by atoms with Crippen LogP contribution < -0.4 is 10.6 Å². The average molecular weight is 304 g/mol. The van der Waals surface area contributed by atoms with Crippen molar-refractivity contribution in [3.63, 3.8) is 0 Å². The highest BCUT2D eigenvalue weighted by Crippen LogP contribution is 2.30. The number of aliphatic hydroxyl groups excluding tert-OH is 1. The van der Waals surface area contributed by atoms with E-state index in [0.717, 1.165) is 24.1 Å². The van der Waals surface area contributed by atoms with Gasteiger partial charge in [0.1, 0.15) is 0 Å². The van der Waals surface area contributed by atoms with Crippen LogP contribution in [0, 0.1) is 11.8 Å². The summed E-state index contributed by atoms with van der Waals surface area (Å²) in [5.41, 5.74) is 1.64. The van der Waals surface area contributed by atoms with Crippen molar-refractivity contribution in [2.75, 3.05) is 11.9 Å².